The van der Waals surface area contributed by atoms with Crippen LogP contribution in [0.25, 0.3) is 11.3 Å². The van der Waals surface area contributed by atoms with Crippen molar-refractivity contribution in [1.82, 2.24) is 4.98 Å². The van der Waals surface area contributed by atoms with Crippen molar-refractivity contribution in [2.75, 3.05) is 0 Å². The van der Waals surface area contributed by atoms with Gasteiger partial charge in [0.05, 0.1) is 5.02 Å². The van der Waals surface area contributed by atoms with Crippen LogP contribution in [0.2, 0.25) is 5.02 Å². The van der Waals surface area contributed by atoms with Gasteiger partial charge in [-0.15, -0.1) is 0 Å². The molecular weight excluding hydrogens is 319 g/mol. The summed E-state index contributed by atoms with van der Waals surface area (Å²) >= 11 is 7.59. The molecule has 0 aliphatic heterocycles. The van der Waals surface area contributed by atoms with Crippen LogP contribution in [-0.2, 0) is 0 Å². The Kier molecular flexibility index (Phi) is 2.73. The quantitative estimate of drug-likeness (QED) is 0.747. The molecule has 0 radical (unpaired) electrons. The van der Waals surface area contributed by atoms with Crippen LogP contribution in [0.15, 0.2) is 28.9 Å². The fourth-order valence-electron chi connectivity index (χ4n) is 1.04. The van der Waals surface area contributed by atoms with E-state index in [9.17, 15) is 4.39 Å². The lowest BCUT2D eigenvalue weighted by atomic mass is 10.2. The average molecular weight is 323 g/mol. The summed E-state index contributed by atoms with van der Waals surface area (Å²) in [7, 11) is 0. The summed E-state index contributed by atoms with van der Waals surface area (Å²) < 4.78 is 18.4. The second-order valence-corrected chi connectivity index (χ2v) is 3.94. The van der Waals surface area contributed by atoms with Crippen molar-refractivity contribution in [3.8, 4) is 11.3 Å². The Hall–Kier alpha value is -0.620. The third-order valence-corrected chi connectivity index (χ3v) is 2.48. The Morgan fingerprint density at radius 3 is 2.79 bits per heavy atom. The van der Waals surface area contributed by atoms with Crippen LogP contribution in [0.3, 0.4) is 0 Å². The molecule has 0 N–H and O–H groups in total. The lowest BCUT2D eigenvalue weighted by Crippen LogP contribution is -1.81. The van der Waals surface area contributed by atoms with Crippen LogP contribution in [-0.4, -0.2) is 4.98 Å². The van der Waals surface area contributed by atoms with Crippen molar-refractivity contribution in [3.05, 3.63) is 39.2 Å². The molecule has 0 unspecified atom stereocenters. The summed E-state index contributed by atoms with van der Waals surface area (Å²) in [6.45, 7) is 0. The topological polar surface area (TPSA) is 26.0 Å². The molecule has 1 heterocycles. The molecule has 1 aromatic heterocycles. The highest BCUT2D eigenvalue weighted by atomic mass is 127. The van der Waals surface area contributed by atoms with E-state index < -0.39 is 5.82 Å². The number of aromatic nitrogens is 1. The van der Waals surface area contributed by atoms with E-state index in [4.69, 9.17) is 16.0 Å². The van der Waals surface area contributed by atoms with Crippen molar-refractivity contribution in [2.45, 2.75) is 0 Å². The summed E-state index contributed by atoms with van der Waals surface area (Å²) in [6, 6.07) is 4.43. The normalized spacial score (nSPS) is 10.5. The molecule has 0 fully saturated rings. The largest absolute Gasteiger partial charge is 0.440 e. The molecule has 0 bridgehead atoms. The minimum Gasteiger partial charge on any atom is -0.440 e. The predicted molar refractivity (Wildman–Crippen MR) is 59.6 cm³/mol. The molecule has 0 aliphatic carbocycles. The van der Waals surface area contributed by atoms with Gasteiger partial charge in [0.15, 0.2) is 0 Å². The van der Waals surface area contributed by atoms with Gasteiger partial charge in [-0.25, -0.2) is 9.37 Å². The van der Waals surface area contributed by atoms with Gasteiger partial charge >= 0.3 is 0 Å². The van der Waals surface area contributed by atoms with E-state index in [1.165, 1.54) is 18.4 Å². The lowest BCUT2D eigenvalue weighted by Gasteiger charge is -1.97. The predicted octanol–water partition coefficient (Wildman–Crippen LogP) is 3.74. The van der Waals surface area contributed by atoms with E-state index in [2.05, 4.69) is 4.98 Å². The third kappa shape index (κ3) is 1.90. The second-order valence-electron chi connectivity index (χ2n) is 2.61. The number of oxazole rings is 1. The van der Waals surface area contributed by atoms with Gasteiger partial charge in [0, 0.05) is 28.2 Å². The van der Waals surface area contributed by atoms with Crippen molar-refractivity contribution in [1.29, 1.82) is 0 Å². The minimum atomic E-state index is -0.436. The first-order chi connectivity index (χ1) is 6.66. The van der Waals surface area contributed by atoms with Gasteiger partial charge in [0.1, 0.15) is 17.8 Å². The monoisotopic (exact) mass is 323 g/mol. The van der Waals surface area contributed by atoms with Crippen molar-refractivity contribution in [3.63, 3.8) is 0 Å². The maximum atomic E-state index is 12.8. The summed E-state index contributed by atoms with van der Waals surface area (Å²) in [5.74, 6) is -0.436. The molecule has 14 heavy (non-hydrogen) atoms. The van der Waals surface area contributed by atoms with E-state index in [-0.39, 0.29) is 5.02 Å². The van der Waals surface area contributed by atoms with Gasteiger partial charge in [0.2, 0.25) is 0 Å². The summed E-state index contributed by atoms with van der Waals surface area (Å²) in [6.07, 6.45) is 1.51. The molecule has 0 spiro atoms. The Morgan fingerprint density at radius 1 is 1.43 bits per heavy atom. The lowest BCUT2D eigenvalue weighted by molar-refractivity contribution is 0.525. The van der Waals surface area contributed by atoms with Gasteiger partial charge in [-0.2, -0.15) is 0 Å². The van der Waals surface area contributed by atoms with Crippen LogP contribution in [0.1, 0.15) is 0 Å². The number of benzene rings is 1. The molecule has 0 aliphatic rings. The molecule has 0 amide bonds. The van der Waals surface area contributed by atoms with Gasteiger partial charge in [-0.05, 0) is 18.2 Å². The first-order valence-corrected chi connectivity index (χ1v) is 5.19. The number of nitrogens with zero attached hydrogens (tertiary/aromatic N) is 1. The Morgan fingerprint density at radius 2 is 2.21 bits per heavy atom. The van der Waals surface area contributed by atoms with E-state index >= 15 is 0 Å². The minimum absolute atomic E-state index is 0.0838. The number of hydrogen-bond donors (Lipinski definition) is 0. The van der Waals surface area contributed by atoms with E-state index in [0.29, 0.717) is 9.59 Å². The highest BCUT2D eigenvalue weighted by Crippen LogP contribution is 2.24. The van der Waals surface area contributed by atoms with Gasteiger partial charge in [-0.1, -0.05) is 11.6 Å². The molecule has 0 saturated heterocycles. The van der Waals surface area contributed by atoms with Crippen LogP contribution >= 0.6 is 34.2 Å². The van der Waals surface area contributed by atoms with Crippen LogP contribution < -0.4 is 0 Å². The molecule has 2 nitrogen and oxygen atoms in total. The summed E-state index contributed by atoms with van der Waals surface area (Å²) in [4.78, 5) is 4.09. The second kappa shape index (κ2) is 3.86. The van der Waals surface area contributed by atoms with Gasteiger partial charge in [-0.3, -0.25) is 0 Å². The maximum absolute atomic E-state index is 12.8. The van der Waals surface area contributed by atoms with E-state index in [0.717, 1.165) is 5.56 Å². The molecule has 1 aromatic carbocycles. The number of halogens is 3. The highest BCUT2D eigenvalue weighted by molar-refractivity contribution is 14.1. The molecule has 0 atom stereocenters. The first-order valence-electron chi connectivity index (χ1n) is 3.73. The fourth-order valence-corrected chi connectivity index (χ4v) is 1.61. The van der Waals surface area contributed by atoms with E-state index in [1.807, 2.05) is 22.6 Å². The zero-order chi connectivity index (χ0) is 10.1. The number of rotatable bonds is 1. The molecule has 0 saturated carbocycles. The SMILES string of the molecule is Fc1ccc(-c2coc(I)n2)cc1Cl. The fraction of sp³-hybridized carbons (Fsp3) is 0. The number of hydrogen-bond acceptors (Lipinski definition) is 2. The first kappa shape index (κ1) is 9.92. The molecule has 2 rings (SSSR count). The van der Waals surface area contributed by atoms with Crippen molar-refractivity contribution < 1.29 is 8.81 Å². The summed E-state index contributed by atoms with van der Waals surface area (Å²) in [5.41, 5.74) is 1.39. The maximum Gasteiger partial charge on any atom is 0.257 e. The molecular formula is C9H4ClFINO. The summed E-state index contributed by atoms with van der Waals surface area (Å²) in [5, 5.41) is 0.0838. The van der Waals surface area contributed by atoms with E-state index in [1.54, 1.807) is 6.07 Å². The van der Waals surface area contributed by atoms with Crippen LogP contribution in [0, 0.1) is 9.71 Å². The zero-order valence-electron chi connectivity index (χ0n) is 6.80. The van der Waals surface area contributed by atoms with Gasteiger partial charge < -0.3 is 4.42 Å². The molecule has 2 aromatic rings. The molecule has 5 heteroatoms. The smallest absolute Gasteiger partial charge is 0.257 e. The van der Waals surface area contributed by atoms with Crippen LogP contribution in [0.4, 0.5) is 4.39 Å². The Balaban J connectivity index is 2.47. The third-order valence-electron chi connectivity index (χ3n) is 1.69. The average Bonchev–Trinajstić information content (AvgIpc) is 2.57. The van der Waals surface area contributed by atoms with Crippen molar-refractivity contribution in [2.24, 2.45) is 0 Å². The standard InChI is InChI=1S/C9H4ClFINO/c10-6-3-5(1-2-7(6)11)8-4-14-9(12)13-8/h1-4H. The highest BCUT2D eigenvalue weighted by Gasteiger charge is 2.06. The van der Waals surface area contributed by atoms with Crippen molar-refractivity contribution >= 4 is 34.2 Å². The molecule has 72 valence electrons. The van der Waals surface area contributed by atoms with Gasteiger partial charge in [0.25, 0.3) is 3.90 Å². The van der Waals surface area contributed by atoms with Crippen LogP contribution in [0.5, 0.6) is 0 Å². The Bertz CT molecular complexity index is 472. The zero-order valence-corrected chi connectivity index (χ0v) is 9.71. The Labute approximate surface area is 98.2 Å².